The van der Waals surface area contributed by atoms with E-state index < -0.39 is 22.0 Å². The molecule has 0 radical (unpaired) electrons. The molecular formula is C13H11NO6S2. The molecule has 0 atom stereocenters. The van der Waals surface area contributed by atoms with E-state index in [9.17, 15) is 18.0 Å². The molecule has 2 aromatic rings. The van der Waals surface area contributed by atoms with Gasteiger partial charge in [-0.1, -0.05) is 12.1 Å². The van der Waals surface area contributed by atoms with Crippen molar-refractivity contribution in [3.63, 3.8) is 0 Å². The van der Waals surface area contributed by atoms with Crippen molar-refractivity contribution in [1.29, 1.82) is 0 Å². The molecule has 0 saturated heterocycles. The average molecular weight is 341 g/mol. The Hall–Kier alpha value is -2.39. The molecule has 116 valence electrons. The van der Waals surface area contributed by atoms with Gasteiger partial charge in [-0.15, -0.1) is 11.3 Å². The molecule has 9 heteroatoms. The second-order valence-corrected chi connectivity index (χ2v) is 6.86. The van der Waals surface area contributed by atoms with E-state index in [1.807, 2.05) is 0 Å². The molecule has 2 rings (SSSR count). The summed E-state index contributed by atoms with van der Waals surface area (Å²) in [4.78, 5) is 21.1. The number of hydrogen-bond donors (Lipinski definition) is 3. The number of carbonyl (C=O) groups is 2. The fourth-order valence-corrected chi connectivity index (χ4v) is 4.11. The van der Waals surface area contributed by atoms with Crippen LogP contribution in [0.1, 0.15) is 15.2 Å². The number of thiophene rings is 1. The SMILES string of the molecule is O=C(O)Cc1cccc(NS(=O)(=O)c2ccsc2C(=O)O)c1. The summed E-state index contributed by atoms with van der Waals surface area (Å²) in [7, 11) is -4.06. The Kier molecular flexibility index (Phi) is 4.48. The first-order valence-electron chi connectivity index (χ1n) is 5.94. The highest BCUT2D eigenvalue weighted by atomic mass is 32.2. The molecule has 0 aliphatic carbocycles. The van der Waals surface area contributed by atoms with E-state index in [4.69, 9.17) is 10.2 Å². The molecule has 1 aromatic carbocycles. The second kappa shape index (κ2) is 6.16. The number of carboxylic acid groups (broad SMARTS) is 2. The van der Waals surface area contributed by atoms with Gasteiger partial charge in [-0.05, 0) is 29.1 Å². The first-order valence-corrected chi connectivity index (χ1v) is 8.30. The lowest BCUT2D eigenvalue weighted by atomic mass is 10.1. The van der Waals surface area contributed by atoms with E-state index >= 15 is 0 Å². The quantitative estimate of drug-likeness (QED) is 0.737. The minimum absolute atomic E-state index is 0.168. The van der Waals surface area contributed by atoms with Gasteiger partial charge in [0.2, 0.25) is 0 Å². The largest absolute Gasteiger partial charge is 0.481 e. The first-order chi connectivity index (χ1) is 10.3. The average Bonchev–Trinajstić information content (AvgIpc) is 2.87. The number of hydrogen-bond acceptors (Lipinski definition) is 5. The van der Waals surface area contributed by atoms with Crippen molar-refractivity contribution in [3.05, 3.63) is 46.2 Å². The van der Waals surface area contributed by atoms with E-state index in [0.717, 1.165) is 11.3 Å². The summed E-state index contributed by atoms with van der Waals surface area (Å²) in [6.07, 6.45) is -0.242. The van der Waals surface area contributed by atoms with Gasteiger partial charge in [0.05, 0.1) is 6.42 Å². The van der Waals surface area contributed by atoms with Crippen LogP contribution in [-0.2, 0) is 21.2 Å². The zero-order chi connectivity index (χ0) is 16.3. The highest BCUT2D eigenvalue weighted by Gasteiger charge is 2.23. The molecule has 0 aliphatic rings. The van der Waals surface area contributed by atoms with Crippen molar-refractivity contribution >= 4 is 39.0 Å². The number of aromatic carboxylic acids is 1. The van der Waals surface area contributed by atoms with Crippen LogP contribution in [-0.4, -0.2) is 30.6 Å². The summed E-state index contributed by atoms with van der Waals surface area (Å²) in [5.41, 5.74) is 0.595. The van der Waals surface area contributed by atoms with Gasteiger partial charge in [-0.2, -0.15) is 0 Å². The third kappa shape index (κ3) is 3.62. The van der Waals surface area contributed by atoms with Crippen LogP contribution in [0.2, 0.25) is 0 Å². The van der Waals surface area contributed by atoms with Crippen LogP contribution < -0.4 is 4.72 Å². The molecule has 1 aromatic heterocycles. The van der Waals surface area contributed by atoms with Crippen LogP contribution in [0.5, 0.6) is 0 Å². The third-order valence-corrected chi connectivity index (χ3v) is 5.10. The number of benzene rings is 1. The molecule has 0 unspecified atom stereocenters. The molecule has 0 saturated carbocycles. The number of nitrogens with one attached hydrogen (secondary N) is 1. The molecule has 22 heavy (non-hydrogen) atoms. The standard InChI is InChI=1S/C13H11NO6S2/c15-11(16)7-8-2-1-3-9(6-8)14-22(19,20)10-4-5-21-12(10)13(17)18/h1-6,14H,7H2,(H,15,16)(H,17,18). The summed E-state index contributed by atoms with van der Waals surface area (Å²) in [5.74, 6) is -2.36. The maximum Gasteiger partial charge on any atom is 0.347 e. The molecule has 7 nitrogen and oxygen atoms in total. The number of sulfonamides is 1. The Balaban J connectivity index is 2.31. The van der Waals surface area contributed by atoms with Crippen LogP contribution in [0.15, 0.2) is 40.6 Å². The van der Waals surface area contributed by atoms with Crippen LogP contribution in [0.4, 0.5) is 5.69 Å². The van der Waals surface area contributed by atoms with Crippen molar-refractivity contribution in [3.8, 4) is 0 Å². The summed E-state index contributed by atoms with van der Waals surface area (Å²) in [6, 6.07) is 7.12. The molecular weight excluding hydrogens is 330 g/mol. The lowest BCUT2D eigenvalue weighted by molar-refractivity contribution is -0.136. The number of carboxylic acids is 2. The zero-order valence-electron chi connectivity index (χ0n) is 11.0. The second-order valence-electron chi connectivity index (χ2n) is 4.30. The molecule has 0 amide bonds. The topological polar surface area (TPSA) is 121 Å². The maximum absolute atomic E-state index is 12.2. The van der Waals surface area contributed by atoms with Gasteiger partial charge in [-0.3, -0.25) is 9.52 Å². The fourth-order valence-electron chi connectivity index (χ4n) is 1.79. The number of rotatable bonds is 6. The molecule has 3 N–H and O–H groups in total. The summed E-state index contributed by atoms with van der Waals surface area (Å²) < 4.78 is 26.7. The summed E-state index contributed by atoms with van der Waals surface area (Å²) in [5, 5.41) is 19.1. The highest BCUT2D eigenvalue weighted by molar-refractivity contribution is 7.93. The Morgan fingerprint density at radius 1 is 1.18 bits per heavy atom. The highest BCUT2D eigenvalue weighted by Crippen LogP contribution is 2.24. The van der Waals surface area contributed by atoms with Gasteiger partial charge in [0.1, 0.15) is 9.77 Å². The van der Waals surface area contributed by atoms with E-state index in [-0.39, 0.29) is 21.9 Å². The maximum atomic E-state index is 12.2. The smallest absolute Gasteiger partial charge is 0.347 e. The van der Waals surface area contributed by atoms with Crippen LogP contribution in [0.3, 0.4) is 0 Å². The molecule has 0 aliphatic heterocycles. The van der Waals surface area contributed by atoms with Gasteiger partial charge in [-0.25, -0.2) is 13.2 Å². The van der Waals surface area contributed by atoms with Crippen molar-refractivity contribution in [2.45, 2.75) is 11.3 Å². The normalized spacial score (nSPS) is 11.1. The predicted molar refractivity (Wildman–Crippen MR) is 79.9 cm³/mol. The van der Waals surface area contributed by atoms with E-state index in [1.165, 1.54) is 29.6 Å². The van der Waals surface area contributed by atoms with Gasteiger partial charge < -0.3 is 10.2 Å². The van der Waals surface area contributed by atoms with Gasteiger partial charge in [0.25, 0.3) is 10.0 Å². The Bertz CT molecular complexity index is 825. The van der Waals surface area contributed by atoms with E-state index in [0.29, 0.717) is 5.56 Å². The van der Waals surface area contributed by atoms with Crippen LogP contribution in [0, 0.1) is 0 Å². The van der Waals surface area contributed by atoms with Gasteiger partial charge >= 0.3 is 11.9 Å². The zero-order valence-corrected chi connectivity index (χ0v) is 12.6. The Labute approximate surface area is 129 Å². The minimum atomic E-state index is -4.06. The first kappa shape index (κ1) is 16.0. The number of anilines is 1. The van der Waals surface area contributed by atoms with Crippen LogP contribution in [0.25, 0.3) is 0 Å². The van der Waals surface area contributed by atoms with Crippen molar-refractivity contribution in [2.75, 3.05) is 4.72 Å². The Morgan fingerprint density at radius 3 is 2.55 bits per heavy atom. The summed E-state index contributed by atoms with van der Waals surface area (Å²) in [6.45, 7) is 0. The molecule has 0 spiro atoms. The lowest BCUT2D eigenvalue weighted by Crippen LogP contribution is -2.15. The van der Waals surface area contributed by atoms with Gasteiger partial charge in [0, 0.05) is 5.69 Å². The fraction of sp³-hybridized carbons (Fsp3) is 0.0769. The monoisotopic (exact) mass is 341 g/mol. The molecule has 1 heterocycles. The van der Waals surface area contributed by atoms with Crippen molar-refractivity contribution in [1.82, 2.24) is 0 Å². The molecule has 0 bridgehead atoms. The van der Waals surface area contributed by atoms with E-state index in [2.05, 4.69) is 4.72 Å². The predicted octanol–water partition coefficient (Wildman–Crippen LogP) is 1.87. The minimum Gasteiger partial charge on any atom is -0.481 e. The summed E-state index contributed by atoms with van der Waals surface area (Å²) >= 11 is 0.810. The van der Waals surface area contributed by atoms with Crippen molar-refractivity contribution in [2.24, 2.45) is 0 Å². The van der Waals surface area contributed by atoms with Crippen molar-refractivity contribution < 1.29 is 28.2 Å². The van der Waals surface area contributed by atoms with Crippen LogP contribution >= 0.6 is 11.3 Å². The Morgan fingerprint density at radius 2 is 1.91 bits per heavy atom. The van der Waals surface area contributed by atoms with E-state index in [1.54, 1.807) is 6.07 Å². The lowest BCUT2D eigenvalue weighted by Gasteiger charge is -2.08. The third-order valence-electron chi connectivity index (χ3n) is 2.65. The number of aliphatic carboxylic acids is 1. The molecule has 0 fully saturated rings. The van der Waals surface area contributed by atoms with Gasteiger partial charge in [0.15, 0.2) is 0 Å².